The summed E-state index contributed by atoms with van der Waals surface area (Å²) in [5, 5.41) is 21.1. The maximum absolute atomic E-state index is 12.3. The van der Waals surface area contributed by atoms with Crippen molar-refractivity contribution in [2.75, 3.05) is 0 Å². The Labute approximate surface area is 139 Å². The molecule has 1 aromatic carbocycles. The molecule has 3 aromatic rings. The van der Waals surface area contributed by atoms with E-state index in [0.717, 1.165) is 22.6 Å². The fourth-order valence-corrected chi connectivity index (χ4v) is 2.62. The van der Waals surface area contributed by atoms with Crippen LogP contribution >= 0.6 is 0 Å². The normalized spacial score (nSPS) is 12.1. The SMILES string of the molecule is Cc1nn(-c2ccccc2)c(C)c1CC(=O)N[C@@H](C)c1nn[nH]n1. The van der Waals surface area contributed by atoms with Crippen LogP contribution in [0, 0.1) is 13.8 Å². The number of benzene rings is 1. The number of aryl methyl sites for hydroxylation is 1. The van der Waals surface area contributed by atoms with Crippen molar-refractivity contribution in [2.45, 2.75) is 33.2 Å². The van der Waals surface area contributed by atoms with Gasteiger partial charge in [0, 0.05) is 11.3 Å². The Bertz CT molecular complexity index is 824. The lowest BCUT2D eigenvalue weighted by Gasteiger charge is -2.10. The van der Waals surface area contributed by atoms with Gasteiger partial charge < -0.3 is 5.32 Å². The molecular weight excluding hydrogens is 306 g/mol. The average Bonchev–Trinajstić information content (AvgIpc) is 3.20. The number of hydrogen-bond acceptors (Lipinski definition) is 5. The molecule has 8 nitrogen and oxygen atoms in total. The number of amides is 1. The Kier molecular flexibility index (Phi) is 4.37. The van der Waals surface area contributed by atoms with Crippen LogP contribution in [-0.2, 0) is 11.2 Å². The smallest absolute Gasteiger partial charge is 0.225 e. The summed E-state index contributed by atoms with van der Waals surface area (Å²) >= 11 is 0. The molecule has 0 saturated carbocycles. The van der Waals surface area contributed by atoms with E-state index in [0.29, 0.717) is 5.82 Å². The van der Waals surface area contributed by atoms with Crippen LogP contribution in [0.5, 0.6) is 0 Å². The first kappa shape index (κ1) is 15.9. The van der Waals surface area contributed by atoms with Crippen molar-refractivity contribution < 1.29 is 4.79 Å². The van der Waals surface area contributed by atoms with Gasteiger partial charge in [-0.05, 0) is 32.9 Å². The first-order chi connectivity index (χ1) is 11.6. The summed E-state index contributed by atoms with van der Waals surface area (Å²) in [5.74, 6) is 0.350. The van der Waals surface area contributed by atoms with Gasteiger partial charge >= 0.3 is 0 Å². The molecule has 124 valence electrons. The second-order valence-electron chi connectivity index (χ2n) is 5.63. The van der Waals surface area contributed by atoms with Crippen LogP contribution in [0.15, 0.2) is 30.3 Å². The molecule has 2 N–H and O–H groups in total. The Morgan fingerprint density at radius 3 is 2.71 bits per heavy atom. The molecule has 2 aromatic heterocycles. The van der Waals surface area contributed by atoms with E-state index in [2.05, 4.69) is 31.0 Å². The van der Waals surface area contributed by atoms with E-state index < -0.39 is 0 Å². The zero-order chi connectivity index (χ0) is 17.1. The maximum Gasteiger partial charge on any atom is 0.225 e. The van der Waals surface area contributed by atoms with Gasteiger partial charge in [0.2, 0.25) is 5.91 Å². The summed E-state index contributed by atoms with van der Waals surface area (Å²) in [5.41, 5.74) is 3.71. The molecule has 0 fully saturated rings. The fraction of sp³-hybridized carbons (Fsp3) is 0.312. The van der Waals surface area contributed by atoms with Crippen molar-refractivity contribution in [1.29, 1.82) is 0 Å². The van der Waals surface area contributed by atoms with Crippen molar-refractivity contribution in [3.8, 4) is 5.69 Å². The molecule has 0 aliphatic rings. The molecule has 0 radical (unpaired) electrons. The lowest BCUT2D eigenvalue weighted by molar-refractivity contribution is -0.121. The van der Waals surface area contributed by atoms with Gasteiger partial charge in [0.1, 0.15) is 0 Å². The lowest BCUT2D eigenvalue weighted by Crippen LogP contribution is -2.29. The topological polar surface area (TPSA) is 101 Å². The van der Waals surface area contributed by atoms with Crippen LogP contribution in [0.4, 0.5) is 0 Å². The number of H-pyrrole nitrogens is 1. The van der Waals surface area contributed by atoms with Crippen LogP contribution < -0.4 is 5.32 Å². The minimum atomic E-state index is -0.305. The number of carbonyl (C=O) groups is 1. The molecule has 0 spiro atoms. The summed E-state index contributed by atoms with van der Waals surface area (Å²) in [4.78, 5) is 12.3. The molecule has 0 saturated heterocycles. The minimum absolute atomic E-state index is 0.105. The van der Waals surface area contributed by atoms with Gasteiger partial charge in [-0.3, -0.25) is 4.79 Å². The number of aromatic amines is 1. The van der Waals surface area contributed by atoms with Gasteiger partial charge in [-0.15, -0.1) is 10.2 Å². The molecule has 1 amide bonds. The van der Waals surface area contributed by atoms with E-state index in [9.17, 15) is 4.79 Å². The molecule has 0 bridgehead atoms. The highest BCUT2D eigenvalue weighted by Gasteiger charge is 2.18. The summed E-state index contributed by atoms with van der Waals surface area (Å²) in [7, 11) is 0. The predicted molar refractivity (Wildman–Crippen MR) is 87.5 cm³/mol. The number of tetrazole rings is 1. The average molecular weight is 325 g/mol. The minimum Gasteiger partial charge on any atom is -0.346 e. The van der Waals surface area contributed by atoms with Crippen molar-refractivity contribution in [3.05, 3.63) is 53.1 Å². The number of nitrogens with zero attached hydrogens (tertiary/aromatic N) is 5. The Hall–Kier alpha value is -3.03. The Morgan fingerprint density at radius 1 is 1.29 bits per heavy atom. The molecule has 24 heavy (non-hydrogen) atoms. The Balaban J connectivity index is 1.76. The number of rotatable bonds is 5. The van der Waals surface area contributed by atoms with Gasteiger partial charge in [-0.2, -0.15) is 10.3 Å². The summed E-state index contributed by atoms with van der Waals surface area (Å²) in [6, 6.07) is 9.56. The molecular formula is C16H19N7O. The zero-order valence-corrected chi connectivity index (χ0v) is 13.8. The van der Waals surface area contributed by atoms with Crippen molar-refractivity contribution in [2.24, 2.45) is 0 Å². The van der Waals surface area contributed by atoms with Crippen molar-refractivity contribution in [3.63, 3.8) is 0 Å². The standard InChI is InChI=1S/C16H19N7O/c1-10-14(9-15(24)17-11(2)16-18-21-22-19-16)12(3)23(20-10)13-7-5-4-6-8-13/h4-8,11H,9H2,1-3H3,(H,17,24)(H,18,19,21,22)/t11-/m0/s1. The van der Waals surface area contributed by atoms with E-state index in [1.54, 1.807) is 0 Å². The monoisotopic (exact) mass is 325 g/mol. The number of hydrogen-bond donors (Lipinski definition) is 2. The van der Waals surface area contributed by atoms with Gasteiger partial charge in [0.15, 0.2) is 5.82 Å². The molecule has 1 atom stereocenters. The quantitative estimate of drug-likeness (QED) is 0.739. The maximum atomic E-state index is 12.3. The van der Waals surface area contributed by atoms with Crippen LogP contribution in [0.25, 0.3) is 5.69 Å². The predicted octanol–water partition coefficient (Wildman–Crippen LogP) is 1.42. The third-order valence-corrected chi connectivity index (χ3v) is 3.91. The summed E-state index contributed by atoms with van der Waals surface area (Å²) in [6.45, 7) is 5.70. The fourth-order valence-electron chi connectivity index (χ4n) is 2.62. The van der Waals surface area contributed by atoms with Gasteiger partial charge in [-0.25, -0.2) is 4.68 Å². The van der Waals surface area contributed by atoms with Crippen LogP contribution in [-0.4, -0.2) is 36.3 Å². The van der Waals surface area contributed by atoms with Gasteiger partial charge in [-0.1, -0.05) is 23.4 Å². The molecule has 0 aliphatic heterocycles. The van der Waals surface area contributed by atoms with Crippen LogP contribution in [0.3, 0.4) is 0 Å². The second kappa shape index (κ2) is 6.61. The third kappa shape index (κ3) is 3.17. The largest absolute Gasteiger partial charge is 0.346 e. The summed E-state index contributed by atoms with van der Waals surface area (Å²) < 4.78 is 1.86. The first-order valence-corrected chi connectivity index (χ1v) is 7.69. The van der Waals surface area contributed by atoms with Gasteiger partial charge in [0.25, 0.3) is 0 Å². The van der Waals surface area contributed by atoms with E-state index in [1.165, 1.54) is 0 Å². The Morgan fingerprint density at radius 2 is 2.04 bits per heavy atom. The highest BCUT2D eigenvalue weighted by Crippen LogP contribution is 2.18. The van der Waals surface area contributed by atoms with E-state index in [1.807, 2.05) is 55.8 Å². The number of nitrogens with one attached hydrogen (secondary N) is 2. The zero-order valence-electron chi connectivity index (χ0n) is 13.8. The number of carbonyl (C=O) groups excluding carboxylic acids is 1. The number of para-hydroxylation sites is 1. The molecule has 0 unspecified atom stereocenters. The second-order valence-corrected chi connectivity index (χ2v) is 5.63. The highest BCUT2D eigenvalue weighted by molar-refractivity contribution is 5.79. The van der Waals surface area contributed by atoms with Crippen molar-refractivity contribution in [1.82, 2.24) is 35.7 Å². The summed E-state index contributed by atoms with van der Waals surface area (Å²) in [6.07, 6.45) is 0.257. The molecule has 0 aliphatic carbocycles. The van der Waals surface area contributed by atoms with E-state index in [-0.39, 0.29) is 18.4 Å². The van der Waals surface area contributed by atoms with Crippen LogP contribution in [0.1, 0.15) is 35.7 Å². The first-order valence-electron chi connectivity index (χ1n) is 7.69. The lowest BCUT2D eigenvalue weighted by atomic mass is 10.1. The molecule has 3 rings (SSSR count). The van der Waals surface area contributed by atoms with Crippen molar-refractivity contribution >= 4 is 5.91 Å². The number of aromatic nitrogens is 6. The van der Waals surface area contributed by atoms with Crippen LogP contribution in [0.2, 0.25) is 0 Å². The third-order valence-electron chi connectivity index (χ3n) is 3.91. The van der Waals surface area contributed by atoms with Gasteiger partial charge in [0.05, 0.1) is 23.8 Å². The highest BCUT2D eigenvalue weighted by atomic mass is 16.1. The molecule has 2 heterocycles. The van der Waals surface area contributed by atoms with E-state index >= 15 is 0 Å². The molecule has 8 heteroatoms. The van der Waals surface area contributed by atoms with E-state index in [4.69, 9.17) is 0 Å².